The first kappa shape index (κ1) is 31.1. The van der Waals surface area contributed by atoms with Gasteiger partial charge in [-0.2, -0.15) is 0 Å². The van der Waals surface area contributed by atoms with Crippen LogP contribution in [0.5, 0.6) is 11.8 Å². The molecule has 6 nitrogen and oxygen atoms in total. The maximum Gasteiger partial charge on any atom is 0.221 e. The molecule has 6 heteroatoms. The maximum atomic E-state index is 6.83. The Bertz CT molecular complexity index is 2440. The average Bonchev–Trinajstić information content (AvgIpc) is 3.75. The minimum Gasteiger partial charge on any atom is -0.422 e. The number of benzene rings is 4. The van der Waals surface area contributed by atoms with E-state index in [0.717, 1.165) is 35.0 Å². The van der Waals surface area contributed by atoms with Gasteiger partial charge in [0, 0.05) is 36.8 Å². The Hall–Kier alpha value is -5.88. The Morgan fingerprint density at radius 3 is 2.12 bits per heavy atom. The van der Waals surface area contributed by atoms with Crippen molar-refractivity contribution in [2.75, 3.05) is 23.5 Å². The molecule has 9 rings (SSSR count). The third kappa shape index (κ3) is 4.69. The lowest BCUT2D eigenvalue weighted by atomic mass is 9.67. The molecular formula is C45H41N5O. The summed E-state index contributed by atoms with van der Waals surface area (Å²) in [5.74, 6) is 1.25. The van der Waals surface area contributed by atoms with E-state index >= 15 is 0 Å². The first-order chi connectivity index (χ1) is 24.6. The van der Waals surface area contributed by atoms with Gasteiger partial charge in [0.25, 0.3) is 0 Å². The Morgan fingerprint density at radius 2 is 1.39 bits per heavy atom. The highest BCUT2D eigenvalue weighted by molar-refractivity contribution is 5.88. The molecule has 0 atom stereocenters. The van der Waals surface area contributed by atoms with E-state index in [9.17, 15) is 0 Å². The molecule has 51 heavy (non-hydrogen) atoms. The molecule has 0 unspecified atom stereocenters. The number of rotatable bonds is 5. The normalized spacial score (nSPS) is 14.5. The molecule has 4 heterocycles. The topological polar surface area (TPSA) is 45.9 Å². The molecule has 3 aromatic heterocycles. The zero-order chi connectivity index (χ0) is 35.1. The standard InChI is InChI=1S/C45H41N5O/c1-29-30(2)50-41(47-29)25-33(27-43(50)51-42-26-31(22-23-46-42)44(3,4)5)45(37-18-9-7-16-35(37)36-17-8-10-19-38(36)45)32-14-13-15-34(24-32)49-28-48(6)39-20-11-12-21-40(39)49/h7-27H,28H2,1-6H3. The van der Waals surface area contributed by atoms with Gasteiger partial charge in [0.05, 0.1) is 29.2 Å². The van der Waals surface area contributed by atoms with Gasteiger partial charge in [-0.15, -0.1) is 0 Å². The molecule has 0 spiro atoms. The van der Waals surface area contributed by atoms with E-state index in [0.29, 0.717) is 11.8 Å². The molecule has 1 aliphatic carbocycles. The Balaban J connectivity index is 1.32. The van der Waals surface area contributed by atoms with Crippen LogP contribution in [0.15, 0.2) is 128 Å². The van der Waals surface area contributed by atoms with Crippen molar-refractivity contribution < 1.29 is 4.74 Å². The highest BCUT2D eigenvalue weighted by atomic mass is 16.5. The van der Waals surface area contributed by atoms with Gasteiger partial charge in [-0.1, -0.05) is 93.6 Å². The molecule has 0 fully saturated rings. The predicted octanol–water partition coefficient (Wildman–Crippen LogP) is 10.3. The van der Waals surface area contributed by atoms with Crippen LogP contribution < -0.4 is 14.5 Å². The SMILES string of the molecule is Cc1nc2cc(C3(c4cccc(N5CN(C)c6ccccc65)c4)c4ccccc4-c4ccccc43)cc(Oc3cc(C(C)(C)C)ccn3)n2c1C. The first-order valence-corrected chi connectivity index (χ1v) is 17.7. The van der Waals surface area contributed by atoms with Crippen molar-refractivity contribution in [2.45, 2.75) is 45.4 Å². The lowest BCUT2D eigenvalue weighted by Crippen LogP contribution is -2.30. The van der Waals surface area contributed by atoms with E-state index < -0.39 is 5.41 Å². The Kier molecular flexibility index (Phi) is 6.91. The molecule has 0 N–H and O–H groups in total. The van der Waals surface area contributed by atoms with E-state index in [-0.39, 0.29) is 5.41 Å². The summed E-state index contributed by atoms with van der Waals surface area (Å²) in [6.07, 6.45) is 1.84. The maximum absolute atomic E-state index is 6.83. The second-order valence-electron chi connectivity index (χ2n) is 14.9. The number of hydrogen-bond acceptors (Lipinski definition) is 5. The van der Waals surface area contributed by atoms with Crippen LogP contribution in [-0.2, 0) is 10.8 Å². The van der Waals surface area contributed by atoms with Crippen LogP contribution in [-0.4, -0.2) is 28.1 Å². The highest BCUT2D eigenvalue weighted by Gasteiger charge is 2.47. The van der Waals surface area contributed by atoms with E-state index in [2.05, 4.69) is 182 Å². The summed E-state index contributed by atoms with van der Waals surface area (Å²) in [6.45, 7) is 11.6. The van der Waals surface area contributed by atoms with Crippen LogP contribution >= 0.6 is 0 Å². The summed E-state index contributed by atoms with van der Waals surface area (Å²) in [4.78, 5) is 14.5. The number of aromatic nitrogens is 3. The van der Waals surface area contributed by atoms with Gasteiger partial charge in [-0.05, 0) is 94.6 Å². The molecular weight excluding hydrogens is 627 g/mol. The third-order valence-electron chi connectivity index (χ3n) is 10.9. The number of nitrogens with zero attached hydrogens (tertiary/aromatic N) is 5. The zero-order valence-corrected chi connectivity index (χ0v) is 30.0. The van der Waals surface area contributed by atoms with Crippen LogP contribution in [0.4, 0.5) is 17.1 Å². The Morgan fingerprint density at radius 1 is 0.706 bits per heavy atom. The van der Waals surface area contributed by atoms with Gasteiger partial charge in [-0.25, -0.2) is 9.97 Å². The highest BCUT2D eigenvalue weighted by Crippen LogP contribution is 2.57. The molecule has 4 aromatic carbocycles. The van der Waals surface area contributed by atoms with Crippen LogP contribution in [0, 0.1) is 13.8 Å². The number of fused-ring (bicyclic) bond motifs is 5. The van der Waals surface area contributed by atoms with Gasteiger partial charge in [-0.3, -0.25) is 4.40 Å². The summed E-state index contributed by atoms with van der Waals surface area (Å²) >= 11 is 0. The molecule has 2 aliphatic rings. The molecule has 1 aliphatic heterocycles. The van der Waals surface area contributed by atoms with Crippen molar-refractivity contribution >= 4 is 22.7 Å². The molecule has 0 saturated carbocycles. The van der Waals surface area contributed by atoms with Gasteiger partial charge in [0.1, 0.15) is 5.65 Å². The number of anilines is 3. The van der Waals surface area contributed by atoms with Gasteiger partial charge in [0.2, 0.25) is 11.8 Å². The first-order valence-electron chi connectivity index (χ1n) is 17.7. The van der Waals surface area contributed by atoms with Crippen molar-refractivity contribution in [2.24, 2.45) is 0 Å². The molecule has 0 saturated heterocycles. The van der Waals surface area contributed by atoms with Crippen LogP contribution in [0.25, 0.3) is 16.8 Å². The number of para-hydroxylation sites is 2. The Labute approximate surface area is 299 Å². The number of pyridine rings is 2. The number of hydrogen-bond donors (Lipinski definition) is 0. The largest absolute Gasteiger partial charge is 0.422 e. The summed E-state index contributed by atoms with van der Waals surface area (Å²) in [6, 6.07) is 44.1. The van der Waals surface area contributed by atoms with Crippen LogP contribution in [0.1, 0.15) is 60.0 Å². The minimum atomic E-state index is -0.650. The molecule has 0 amide bonds. The fourth-order valence-electron chi connectivity index (χ4n) is 8.25. The van der Waals surface area contributed by atoms with Crippen molar-refractivity contribution in [3.05, 3.63) is 167 Å². The van der Waals surface area contributed by atoms with Gasteiger partial charge < -0.3 is 14.5 Å². The number of imidazole rings is 1. The molecule has 252 valence electrons. The monoisotopic (exact) mass is 667 g/mol. The van der Waals surface area contributed by atoms with Gasteiger partial charge in [0.15, 0.2) is 0 Å². The summed E-state index contributed by atoms with van der Waals surface area (Å²) in [7, 11) is 2.16. The van der Waals surface area contributed by atoms with E-state index in [4.69, 9.17) is 9.72 Å². The van der Waals surface area contributed by atoms with E-state index in [1.165, 1.54) is 44.8 Å². The van der Waals surface area contributed by atoms with Crippen molar-refractivity contribution in [1.82, 2.24) is 14.4 Å². The van der Waals surface area contributed by atoms with Crippen LogP contribution in [0.2, 0.25) is 0 Å². The smallest absolute Gasteiger partial charge is 0.221 e. The van der Waals surface area contributed by atoms with Crippen LogP contribution in [0.3, 0.4) is 0 Å². The number of aryl methyl sites for hydroxylation is 2. The van der Waals surface area contributed by atoms with Crippen molar-refractivity contribution in [3.63, 3.8) is 0 Å². The minimum absolute atomic E-state index is 0.0449. The summed E-state index contributed by atoms with van der Waals surface area (Å²) < 4.78 is 8.96. The fraction of sp³-hybridized carbons (Fsp3) is 0.200. The average molecular weight is 668 g/mol. The summed E-state index contributed by atoms with van der Waals surface area (Å²) in [5.41, 5.74) is 14.2. The van der Waals surface area contributed by atoms with E-state index in [1.807, 2.05) is 6.20 Å². The molecule has 7 aromatic rings. The lowest BCUT2D eigenvalue weighted by molar-refractivity contribution is 0.432. The zero-order valence-electron chi connectivity index (χ0n) is 30.0. The molecule has 0 bridgehead atoms. The third-order valence-corrected chi connectivity index (χ3v) is 10.9. The fourth-order valence-corrected chi connectivity index (χ4v) is 8.25. The van der Waals surface area contributed by atoms with Crippen molar-refractivity contribution in [3.8, 4) is 22.9 Å². The second-order valence-corrected chi connectivity index (χ2v) is 14.9. The predicted molar refractivity (Wildman–Crippen MR) is 207 cm³/mol. The van der Waals surface area contributed by atoms with Gasteiger partial charge >= 0.3 is 0 Å². The van der Waals surface area contributed by atoms with Crippen molar-refractivity contribution in [1.29, 1.82) is 0 Å². The number of ether oxygens (including phenoxy) is 1. The summed E-state index contributed by atoms with van der Waals surface area (Å²) in [5, 5.41) is 0. The lowest BCUT2D eigenvalue weighted by Gasteiger charge is -2.35. The van der Waals surface area contributed by atoms with E-state index in [1.54, 1.807) is 0 Å². The second kappa shape index (κ2) is 11.3. The quantitative estimate of drug-likeness (QED) is 0.183. The molecule has 0 radical (unpaired) electrons.